The summed E-state index contributed by atoms with van der Waals surface area (Å²) in [4.78, 5) is 37.4. The first-order valence-corrected chi connectivity index (χ1v) is 11.2. The number of ketones is 1. The molecular weight excluding hydrogens is 432 g/mol. The number of carbonyl (C=O) groups is 2. The van der Waals surface area contributed by atoms with Gasteiger partial charge in [-0.1, -0.05) is 36.4 Å². The number of Topliss-reactive ketones (excluding diaryl/α,β-unsaturated/α-hetero) is 1. The van der Waals surface area contributed by atoms with E-state index in [1.54, 1.807) is 11.1 Å². The first kappa shape index (κ1) is 22.0. The number of aromatic amines is 2. The van der Waals surface area contributed by atoms with Gasteiger partial charge in [0.15, 0.2) is 5.82 Å². The molecule has 174 valence electrons. The number of benzene rings is 2. The molecule has 3 heterocycles. The van der Waals surface area contributed by atoms with Crippen LogP contribution < -0.4 is 0 Å². The zero-order chi connectivity index (χ0) is 23.8. The van der Waals surface area contributed by atoms with Gasteiger partial charge in [0, 0.05) is 43.3 Å². The van der Waals surface area contributed by atoms with E-state index in [0.29, 0.717) is 48.8 Å². The maximum absolute atomic E-state index is 13.2. The molecule has 1 aliphatic heterocycles. The number of H-pyrrole nitrogens is 2. The molecule has 0 spiro atoms. The Morgan fingerprint density at radius 2 is 1.76 bits per heavy atom. The molecule has 1 unspecified atom stereocenters. The van der Waals surface area contributed by atoms with E-state index in [2.05, 4.69) is 20.2 Å². The van der Waals surface area contributed by atoms with E-state index in [-0.39, 0.29) is 0 Å². The van der Waals surface area contributed by atoms with Gasteiger partial charge in [-0.2, -0.15) is 5.10 Å². The number of carbonyl (C=O) groups excluding carboxylic acids is 2. The molecule has 1 amide bonds. The van der Waals surface area contributed by atoms with Crippen LogP contribution in [0.25, 0.3) is 22.3 Å². The Balaban J connectivity index is 1.34. The van der Waals surface area contributed by atoms with E-state index in [0.717, 1.165) is 22.2 Å². The number of aryl methyl sites for hydroxylation is 2. The van der Waals surface area contributed by atoms with Gasteiger partial charge in [-0.3, -0.25) is 19.6 Å². The molecule has 5 rings (SSSR count). The van der Waals surface area contributed by atoms with Gasteiger partial charge in [0.1, 0.15) is 12.1 Å². The Labute approximate surface area is 196 Å². The first-order valence-electron chi connectivity index (χ1n) is 11.2. The summed E-state index contributed by atoms with van der Waals surface area (Å²) >= 11 is 0. The normalized spacial score (nSPS) is 15.6. The van der Waals surface area contributed by atoms with Crippen molar-refractivity contribution in [2.75, 3.05) is 26.2 Å². The minimum atomic E-state index is -0.733. The third-order valence-electron chi connectivity index (χ3n) is 6.37. The fourth-order valence-electron chi connectivity index (χ4n) is 4.51. The maximum Gasteiger partial charge on any atom is 0.295 e. The zero-order valence-electron chi connectivity index (χ0n) is 19.1. The highest BCUT2D eigenvalue weighted by atomic mass is 16.3. The van der Waals surface area contributed by atoms with Crippen LogP contribution in [0.15, 0.2) is 48.7 Å². The highest BCUT2D eigenvalue weighted by Gasteiger charge is 2.31. The third-order valence-corrected chi connectivity index (χ3v) is 6.37. The summed E-state index contributed by atoms with van der Waals surface area (Å²) in [5, 5.41) is 18.4. The molecule has 34 heavy (non-hydrogen) atoms. The molecule has 9 nitrogen and oxygen atoms in total. The molecule has 0 saturated carbocycles. The SMILES string of the molecule is Cc1nc(-c2ccc(C)c3c(C(=O)C(=O)N4CCN(C(O)c5ccccc5)CC4)c[nH]c23)n[nH]1. The van der Waals surface area contributed by atoms with Crippen LogP contribution in [0.4, 0.5) is 0 Å². The molecule has 0 aliphatic carbocycles. The number of aliphatic hydroxyl groups is 1. The van der Waals surface area contributed by atoms with Gasteiger partial charge in [-0.05, 0) is 31.0 Å². The quantitative estimate of drug-likeness (QED) is 0.313. The van der Waals surface area contributed by atoms with Crippen molar-refractivity contribution in [2.24, 2.45) is 0 Å². The number of aliphatic hydroxyl groups excluding tert-OH is 1. The van der Waals surface area contributed by atoms with Crippen molar-refractivity contribution < 1.29 is 14.7 Å². The van der Waals surface area contributed by atoms with Crippen LogP contribution in [-0.2, 0) is 4.79 Å². The Morgan fingerprint density at radius 3 is 2.44 bits per heavy atom. The fraction of sp³-hybridized carbons (Fsp3) is 0.280. The van der Waals surface area contributed by atoms with Crippen molar-refractivity contribution in [3.63, 3.8) is 0 Å². The van der Waals surface area contributed by atoms with E-state index >= 15 is 0 Å². The second kappa shape index (κ2) is 8.85. The molecule has 2 aromatic carbocycles. The van der Waals surface area contributed by atoms with Gasteiger partial charge < -0.3 is 15.0 Å². The van der Waals surface area contributed by atoms with Crippen LogP contribution in [0.2, 0.25) is 0 Å². The number of hydrogen-bond donors (Lipinski definition) is 3. The van der Waals surface area contributed by atoms with E-state index in [4.69, 9.17) is 0 Å². The Hall–Kier alpha value is -3.82. The van der Waals surface area contributed by atoms with Gasteiger partial charge in [-0.15, -0.1) is 0 Å². The molecule has 2 aromatic heterocycles. The fourth-order valence-corrected chi connectivity index (χ4v) is 4.51. The smallest absolute Gasteiger partial charge is 0.295 e. The molecule has 0 bridgehead atoms. The molecule has 1 aliphatic rings. The monoisotopic (exact) mass is 458 g/mol. The Kier molecular flexibility index (Phi) is 5.72. The van der Waals surface area contributed by atoms with Crippen LogP contribution in [0.5, 0.6) is 0 Å². The average molecular weight is 459 g/mol. The lowest BCUT2D eigenvalue weighted by Crippen LogP contribution is -2.51. The van der Waals surface area contributed by atoms with Crippen molar-refractivity contribution in [1.29, 1.82) is 0 Å². The summed E-state index contributed by atoms with van der Waals surface area (Å²) in [6.07, 6.45) is 0.860. The van der Waals surface area contributed by atoms with Crippen molar-refractivity contribution in [3.8, 4) is 11.4 Å². The summed E-state index contributed by atoms with van der Waals surface area (Å²) in [6.45, 7) is 5.44. The number of amides is 1. The van der Waals surface area contributed by atoms with E-state index < -0.39 is 17.9 Å². The summed E-state index contributed by atoms with van der Waals surface area (Å²) in [5.74, 6) is 0.143. The van der Waals surface area contributed by atoms with Gasteiger partial charge in [-0.25, -0.2) is 4.98 Å². The highest BCUT2D eigenvalue weighted by molar-refractivity contribution is 6.45. The van der Waals surface area contributed by atoms with Crippen LogP contribution in [0.1, 0.15) is 33.5 Å². The first-order chi connectivity index (χ1) is 16.4. The summed E-state index contributed by atoms with van der Waals surface area (Å²) in [6, 6.07) is 13.2. The number of rotatable bonds is 5. The van der Waals surface area contributed by atoms with Crippen molar-refractivity contribution in [1.82, 2.24) is 30.0 Å². The molecule has 1 saturated heterocycles. The molecule has 0 radical (unpaired) electrons. The highest BCUT2D eigenvalue weighted by Crippen LogP contribution is 2.31. The van der Waals surface area contributed by atoms with Crippen molar-refractivity contribution >= 4 is 22.6 Å². The second-order valence-electron chi connectivity index (χ2n) is 8.57. The maximum atomic E-state index is 13.2. The topological polar surface area (TPSA) is 118 Å². The minimum Gasteiger partial charge on any atom is -0.374 e. The standard InChI is InChI=1S/C25H26N6O3/c1-15-8-9-18(23-27-16(2)28-29-23)21-20(15)19(14-26-21)22(32)25(34)31-12-10-30(11-13-31)24(33)17-6-4-3-5-7-17/h3-9,14,24,26,33H,10-13H2,1-2H3,(H,27,28,29). The van der Waals surface area contributed by atoms with E-state index in [9.17, 15) is 14.7 Å². The Bertz CT molecular complexity index is 1350. The molecule has 3 N–H and O–H groups in total. The van der Waals surface area contributed by atoms with Crippen LogP contribution in [0, 0.1) is 13.8 Å². The predicted octanol–water partition coefficient (Wildman–Crippen LogP) is 2.59. The van der Waals surface area contributed by atoms with Crippen LogP contribution in [-0.4, -0.2) is 72.9 Å². The number of fused-ring (bicyclic) bond motifs is 1. The van der Waals surface area contributed by atoms with E-state index in [1.165, 1.54) is 0 Å². The molecule has 9 heteroatoms. The zero-order valence-corrected chi connectivity index (χ0v) is 19.1. The van der Waals surface area contributed by atoms with Crippen molar-refractivity contribution in [2.45, 2.75) is 20.1 Å². The van der Waals surface area contributed by atoms with Gasteiger partial charge in [0.2, 0.25) is 0 Å². The molecule has 1 atom stereocenters. The number of nitrogens with zero attached hydrogens (tertiary/aromatic N) is 4. The summed E-state index contributed by atoms with van der Waals surface area (Å²) in [7, 11) is 0. The summed E-state index contributed by atoms with van der Waals surface area (Å²) < 4.78 is 0. The predicted molar refractivity (Wildman–Crippen MR) is 127 cm³/mol. The third kappa shape index (κ3) is 3.89. The molecule has 4 aromatic rings. The number of nitrogens with one attached hydrogen (secondary N) is 2. The average Bonchev–Trinajstić information content (AvgIpc) is 3.51. The Morgan fingerprint density at radius 1 is 1.03 bits per heavy atom. The molecular formula is C25H26N6O3. The lowest BCUT2D eigenvalue weighted by atomic mass is 10.0. The number of piperazine rings is 1. The number of hydrogen-bond acceptors (Lipinski definition) is 6. The van der Waals surface area contributed by atoms with Crippen LogP contribution in [0.3, 0.4) is 0 Å². The van der Waals surface area contributed by atoms with Crippen LogP contribution >= 0.6 is 0 Å². The van der Waals surface area contributed by atoms with Gasteiger partial charge in [0.25, 0.3) is 11.7 Å². The van der Waals surface area contributed by atoms with Gasteiger partial charge in [0.05, 0.1) is 11.1 Å². The molecule has 1 fully saturated rings. The summed E-state index contributed by atoms with van der Waals surface area (Å²) in [5.41, 5.74) is 3.54. The second-order valence-corrected chi connectivity index (χ2v) is 8.57. The van der Waals surface area contributed by atoms with Crippen molar-refractivity contribution in [3.05, 3.63) is 71.2 Å². The number of aromatic nitrogens is 4. The largest absolute Gasteiger partial charge is 0.374 e. The van der Waals surface area contributed by atoms with Gasteiger partial charge >= 0.3 is 0 Å². The minimum absolute atomic E-state index is 0.346. The lowest BCUT2D eigenvalue weighted by Gasteiger charge is -2.37. The lowest BCUT2D eigenvalue weighted by molar-refractivity contribution is -0.130. The van der Waals surface area contributed by atoms with E-state index in [1.807, 2.05) is 61.2 Å².